The van der Waals surface area contributed by atoms with E-state index in [4.69, 9.17) is 9.47 Å². The molecule has 0 aromatic rings. The Hall–Kier alpha value is -0.570. The number of hydrogen-bond acceptors (Lipinski definition) is 3. The van der Waals surface area contributed by atoms with Crippen LogP contribution in [0.5, 0.6) is 0 Å². The Labute approximate surface area is 73.0 Å². The van der Waals surface area contributed by atoms with Gasteiger partial charge >= 0.3 is 5.97 Å². The average Bonchev–Trinajstić information content (AvgIpc) is 1.81. The molecule has 70 valence electrons. The quantitative estimate of drug-likeness (QED) is 0.558. The third kappa shape index (κ3) is 1.12. The van der Waals surface area contributed by atoms with Gasteiger partial charge in [-0.3, -0.25) is 4.79 Å². The first kappa shape index (κ1) is 9.52. The number of methoxy groups -OCH3 is 1. The van der Waals surface area contributed by atoms with Crippen LogP contribution in [0.1, 0.15) is 20.8 Å². The standard InChI is InChI=1S/C9H16O3/c1-8(2,3)9(5-12-6-9)7(10)11-4/h5-6H2,1-4H3. The van der Waals surface area contributed by atoms with Gasteiger partial charge in [-0.05, 0) is 5.41 Å². The Morgan fingerprint density at radius 1 is 1.42 bits per heavy atom. The first-order valence-electron chi connectivity index (χ1n) is 4.10. The summed E-state index contributed by atoms with van der Waals surface area (Å²) in [6.45, 7) is 7.08. The van der Waals surface area contributed by atoms with Crippen molar-refractivity contribution in [2.45, 2.75) is 20.8 Å². The first-order chi connectivity index (χ1) is 5.44. The zero-order valence-electron chi connectivity index (χ0n) is 8.14. The minimum absolute atomic E-state index is 0.0850. The van der Waals surface area contributed by atoms with Crippen LogP contribution >= 0.6 is 0 Å². The molecule has 1 saturated heterocycles. The lowest BCUT2D eigenvalue weighted by atomic mass is 9.65. The summed E-state index contributed by atoms with van der Waals surface area (Å²) in [6.07, 6.45) is 0. The maximum absolute atomic E-state index is 11.5. The Morgan fingerprint density at radius 3 is 2.00 bits per heavy atom. The molecule has 0 radical (unpaired) electrons. The third-order valence-electron chi connectivity index (χ3n) is 2.71. The smallest absolute Gasteiger partial charge is 0.317 e. The topological polar surface area (TPSA) is 35.5 Å². The Bertz CT molecular complexity index is 186. The molecule has 0 atom stereocenters. The van der Waals surface area contributed by atoms with Crippen molar-refractivity contribution in [2.75, 3.05) is 20.3 Å². The van der Waals surface area contributed by atoms with Gasteiger partial charge < -0.3 is 9.47 Å². The highest BCUT2D eigenvalue weighted by Gasteiger charge is 2.55. The zero-order valence-corrected chi connectivity index (χ0v) is 8.14. The molecule has 1 rings (SSSR count). The molecule has 0 aliphatic carbocycles. The highest BCUT2D eigenvalue weighted by atomic mass is 16.5. The molecule has 0 N–H and O–H groups in total. The average molecular weight is 172 g/mol. The molecule has 1 aliphatic rings. The molecule has 12 heavy (non-hydrogen) atoms. The first-order valence-corrected chi connectivity index (χ1v) is 4.10. The van der Waals surface area contributed by atoms with E-state index in [9.17, 15) is 4.79 Å². The molecule has 0 aromatic carbocycles. The van der Waals surface area contributed by atoms with Gasteiger partial charge in [0.25, 0.3) is 0 Å². The molecule has 1 fully saturated rings. The van der Waals surface area contributed by atoms with Gasteiger partial charge in [-0.15, -0.1) is 0 Å². The van der Waals surface area contributed by atoms with Gasteiger partial charge in [-0.2, -0.15) is 0 Å². The van der Waals surface area contributed by atoms with Gasteiger partial charge in [0, 0.05) is 0 Å². The van der Waals surface area contributed by atoms with Crippen molar-refractivity contribution in [3.63, 3.8) is 0 Å². The minimum atomic E-state index is -0.415. The van der Waals surface area contributed by atoms with E-state index < -0.39 is 5.41 Å². The molecule has 3 nitrogen and oxygen atoms in total. The highest BCUT2D eigenvalue weighted by molar-refractivity contribution is 5.79. The van der Waals surface area contributed by atoms with Crippen molar-refractivity contribution in [3.8, 4) is 0 Å². The van der Waals surface area contributed by atoms with E-state index >= 15 is 0 Å². The highest BCUT2D eigenvalue weighted by Crippen LogP contribution is 2.45. The van der Waals surface area contributed by atoms with Crippen molar-refractivity contribution in [2.24, 2.45) is 10.8 Å². The molecular weight excluding hydrogens is 156 g/mol. The summed E-state index contributed by atoms with van der Waals surface area (Å²) in [5, 5.41) is 0. The van der Waals surface area contributed by atoms with Gasteiger partial charge in [0.15, 0.2) is 0 Å². The molecule has 3 heteroatoms. The number of ether oxygens (including phenoxy) is 2. The van der Waals surface area contributed by atoms with Crippen LogP contribution in [-0.4, -0.2) is 26.3 Å². The minimum Gasteiger partial charge on any atom is -0.468 e. The lowest BCUT2D eigenvalue weighted by Gasteiger charge is -2.47. The molecule has 1 heterocycles. The summed E-state index contributed by atoms with van der Waals surface area (Å²) >= 11 is 0. The van der Waals surface area contributed by atoms with Gasteiger partial charge in [0.05, 0.1) is 20.3 Å². The molecular formula is C9H16O3. The summed E-state index contributed by atoms with van der Waals surface area (Å²) in [7, 11) is 1.42. The predicted octanol–water partition coefficient (Wildman–Crippen LogP) is 1.22. The second-order valence-electron chi connectivity index (χ2n) is 4.32. The normalized spacial score (nSPS) is 21.3. The fourth-order valence-corrected chi connectivity index (χ4v) is 1.36. The fourth-order valence-electron chi connectivity index (χ4n) is 1.36. The lowest BCUT2D eigenvalue weighted by molar-refractivity contribution is -0.206. The predicted molar refractivity (Wildman–Crippen MR) is 44.7 cm³/mol. The molecule has 0 spiro atoms. The Balaban J connectivity index is 2.83. The second kappa shape index (κ2) is 2.73. The van der Waals surface area contributed by atoms with Crippen LogP contribution in [0.4, 0.5) is 0 Å². The van der Waals surface area contributed by atoms with Crippen molar-refractivity contribution in [3.05, 3.63) is 0 Å². The van der Waals surface area contributed by atoms with E-state index in [1.165, 1.54) is 7.11 Å². The van der Waals surface area contributed by atoms with Crippen LogP contribution in [0.2, 0.25) is 0 Å². The lowest BCUT2D eigenvalue weighted by Crippen LogP contribution is -2.57. The SMILES string of the molecule is COC(=O)C1(C(C)(C)C)COC1. The van der Waals surface area contributed by atoms with E-state index in [0.717, 1.165) is 0 Å². The summed E-state index contributed by atoms with van der Waals surface area (Å²) < 4.78 is 9.85. The Kier molecular flexibility index (Phi) is 2.17. The molecule has 0 amide bonds. The summed E-state index contributed by atoms with van der Waals surface area (Å²) in [5.74, 6) is -0.152. The van der Waals surface area contributed by atoms with E-state index in [-0.39, 0.29) is 11.4 Å². The van der Waals surface area contributed by atoms with E-state index in [0.29, 0.717) is 13.2 Å². The number of carbonyl (C=O) groups is 1. The van der Waals surface area contributed by atoms with Crippen LogP contribution in [0.25, 0.3) is 0 Å². The van der Waals surface area contributed by atoms with Gasteiger partial charge in [-0.25, -0.2) is 0 Å². The fraction of sp³-hybridized carbons (Fsp3) is 0.889. The number of esters is 1. The molecule has 0 saturated carbocycles. The van der Waals surface area contributed by atoms with Crippen LogP contribution in [0, 0.1) is 10.8 Å². The number of rotatable bonds is 1. The molecule has 0 unspecified atom stereocenters. The molecule has 0 aromatic heterocycles. The van der Waals surface area contributed by atoms with E-state index in [2.05, 4.69) is 0 Å². The molecule has 1 aliphatic heterocycles. The largest absolute Gasteiger partial charge is 0.468 e. The number of hydrogen-bond donors (Lipinski definition) is 0. The summed E-state index contributed by atoms with van der Waals surface area (Å²) in [4.78, 5) is 11.5. The maximum atomic E-state index is 11.5. The summed E-state index contributed by atoms with van der Waals surface area (Å²) in [5.41, 5.74) is -0.500. The van der Waals surface area contributed by atoms with Crippen molar-refractivity contribution < 1.29 is 14.3 Å². The van der Waals surface area contributed by atoms with Gasteiger partial charge in [0.2, 0.25) is 0 Å². The van der Waals surface area contributed by atoms with Gasteiger partial charge in [0.1, 0.15) is 5.41 Å². The van der Waals surface area contributed by atoms with Gasteiger partial charge in [-0.1, -0.05) is 20.8 Å². The van der Waals surface area contributed by atoms with E-state index in [1.807, 2.05) is 20.8 Å². The van der Waals surface area contributed by atoms with Crippen LogP contribution in [0.3, 0.4) is 0 Å². The summed E-state index contributed by atoms with van der Waals surface area (Å²) in [6, 6.07) is 0. The van der Waals surface area contributed by atoms with Crippen LogP contribution < -0.4 is 0 Å². The Morgan fingerprint density at radius 2 is 1.92 bits per heavy atom. The van der Waals surface area contributed by atoms with Crippen molar-refractivity contribution in [1.82, 2.24) is 0 Å². The zero-order chi connectivity index (χ0) is 9.41. The van der Waals surface area contributed by atoms with Crippen LogP contribution in [0.15, 0.2) is 0 Å². The van der Waals surface area contributed by atoms with E-state index in [1.54, 1.807) is 0 Å². The van der Waals surface area contributed by atoms with Crippen molar-refractivity contribution in [1.29, 1.82) is 0 Å². The molecule has 0 bridgehead atoms. The second-order valence-corrected chi connectivity index (χ2v) is 4.32. The monoisotopic (exact) mass is 172 g/mol. The van der Waals surface area contributed by atoms with Crippen LogP contribution in [-0.2, 0) is 14.3 Å². The third-order valence-corrected chi connectivity index (χ3v) is 2.71. The maximum Gasteiger partial charge on any atom is 0.317 e. The van der Waals surface area contributed by atoms with Crippen molar-refractivity contribution >= 4 is 5.97 Å². The number of carbonyl (C=O) groups excluding carboxylic acids is 1.